The van der Waals surface area contributed by atoms with Crippen molar-refractivity contribution < 1.29 is 14.6 Å². The van der Waals surface area contributed by atoms with Crippen molar-refractivity contribution in [2.24, 2.45) is 17.8 Å². The summed E-state index contributed by atoms with van der Waals surface area (Å²) in [4.78, 5) is 0. The minimum atomic E-state index is -0.409. The predicted octanol–water partition coefficient (Wildman–Crippen LogP) is 1.81. The first-order valence-corrected chi connectivity index (χ1v) is 8.25. The lowest BCUT2D eigenvalue weighted by Crippen LogP contribution is -2.34. The van der Waals surface area contributed by atoms with Crippen molar-refractivity contribution in [2.45, 2.75) is 51.7 Å². The maximum Gasteiger partial charge on any atom is 0.0897 e. The fourth-order valence-corrected chi connectivity index (χ4v) is 2.80. The normalized spacial score (nSPS) is 20.9. The molecule has 2 fully saturated rings. The Hall–Kier alpha value is -0.160. The molecule has 1 atom stereocenters. The molecule has 0 aromatic carbocycles. The van der Waals surface area contributed by atoms with Crippen molar-refractivity contribution in [1.29, 1.82) is 0 Å². The van der Waals surface area contributed by atoms with Gasteiger partial charge in [-0.25, -0.2) is 0 Å². The molecule has 0 aromatic heterocycles. The highest BCUT2D eigenvalue weighted by molar-refractivity contribution is 4.92. The second kappa shape index (κ2) is 8.32. The van der Waals surface area contributed by atoms with Gasteiger partial charge in [0.05, 0.1) is 32.0 Å². The van der Waals surface area contributed by atoms with Gasteiger partial charge in [-0.1, -0.05) is 0 Å². The largest absolute Gasteiger partial charge is 0.389 e. The summed E-state index contributed by atoms with van der Waals surface area (Å²) < 4.78 is 10.8. The molecule has 2 aliphatic rings. The quantitative estimate of drug-likeness (QED) is 0.537. The van der Waals surface area contributed by atoms with E-state index >= 15 is 0 Å². The van der Waals surface area contributed by atoms with Crippen LogP contribution in [-0.4, -0.2) is 50.2 Å². The van der Waals surface area contributed by atoms with Gasteiger partial charge in [-0.2, -0.15) is 0 Å². The van der Waals surface area contributed by atoms with Crippen LogP contribution in [0, 0.1) is 17.8 Å². The topological polar surface area (TPSA) is 50.7 Å². The van der Waals surface area contributed by atoms with Gasteiger partial charge in [0, 0.05) is 6.54 Å². The lowest BCUT2D eigenvalue weighted by atomic mass is 9.98. The molecule has 0 amide bonds. The number of nitrogens with one attached hydrogen (secondary N) is 1. The molecule has 0 aromatic rings. The van der Waals surface area contributed by atoms with Crippen molar-refractivity contribution in [1.82, 2.24) is 5.32 Å². The van der Waals surface area contributed by atoms with E-state index in [0.717, 1.165) is 24.3 Å². The van der Waals surface area contributed by atoms with Gasteiger partial charge in [0.1, 0.15) is 0 Å². The Morgan fingerprint density at radius 2 is 1.70 bits per heavy atom. The van der Waals surface area contributed by atoms with E-state index in [-0.39, 0.29) is 6.10 Å². The van der Waals surface area contributed by atoms with E-state index in [0.29, 0.717) is 26.4 Å². The Morgan fingerprint density at radius 3 is 2.25 bits per heavy atom. The molecule has 2 aliphatic carbocycles. The Kier molecular flexibility index (Phi) is 6.75. The van der Waals surface area contributed by atoms with Crippen LogP contribution >= 0.6 is 0 Å². The van der Waals surface area contributed by atoms with Crippen LogP contribution in [-0.2, 0) is 9.47 Å². The Morgan fingerprint density at radius 1 is 1.05 bits per heavy atom. The third-order valence-corrected chi connectivity index (χ3v) is 4.20. The molecule has 2 N–H and O–H groups in total. The van der Waals surface area contributed by atoms with Crippen molar-refractivity contribution in [3.05, 3.63) is 0 Å². The molecule has 4 nitrogen and oxygen atoms in total. The Balaban J connectivity index is 1.44. The van der Waals surface area contributed by atoms with Crippen molar-refractivity contribution in [3.63, 3.8) is 0 Å². The third-order valence-electron chi connectivity index (χ3n) is 4.20. The van der Waals surface area contributed by atoms with Crippen LogP contribution in [0.15, 0.2) is 0 Å². The molecular formula is C16H31NO3. The highest BCUT2D eigenvalue weighted by atomic mass is 16.5. The van der Waals surface area contributed by atoms with Crippen LogP contribution in [0.2, 0.25) is 0 Å². The Labute approximate surface area is 123 Å². The van der Waals surface area contributed by atoms with Gasteiger partial charge in [-0.3, -0.25) is 0 Å². The second-order valence-corrected chi connectivity index (χ2v) is 6.65. The van der Waals surface area contributed by atoms with E-state index in [1.807, 2.05) is 13.8 Å². The lowest BCUT2D eigenvalue weighted by Gasteiger charge is -2.18. The number of aliphatic hydroxyl groups excluding tert-OH is 1. The molecule has 0 saturated heterocycles. The van der Waals surface area contributed by atoms with Crippen LogP contribution in [0.5, 0.6) is 0 Å². The summed E-state index contributed by atoms with van der Waals surface area (Å²) in [5.74, 6) is 2.80. The second-order valence-electron chi connectivity index (χ2n) is 6.65. The summed E-state index contributed by atoms with van der Waals surface area (Å²) in [6.07, 6.45) is 5.52. The number of ether oxygens (including phenoxy) is 2. The highest BCUT2D eigenvalue weighted by Crippen LogP contribution is 2.48. The zero-order valence-corrected chi connectivity index (χ0v) is 13.0. The summed E-state index contributed by atoms with van der Waals surface area (Å²) in [6.45, 7) is 7.28. The van der Waals surface area contributed by atoms with Crippen molar-refractivity contribution in [2.75, 3.05) is 32.9 Å². The maximum atomic E-state index is 9.85. The van der Waals surface area contributed by atoms with Crippen LogP contribution in [0.1, 0.15) is 39.5 Å². The molecule has 0 heterocycles. The maximum absolute atomic E-state index is 9.85. The molecule has 0 radical (unpaired) electrons. The monoisotopic (exact) mass is 285 g/mol. The fourth-order valence-electron chi connectivity index (χ4n) is 2.80. The van der Waals surface area contributed by atoms with Gasteiger partial charge >= 0.3 is 0 Å². The van der Waals surface area contributed by atoms with Crippen LogP contribution in [0.4, 0.5) is 0 Å². The van der Waals surface area contributed by atoms with E-state index in [9.17, 15) is 5.11 Å². The molecule has 0 bridgehead atoms. The molecule has 4 heteroatoms. The first-order valence-electron chi connectivity index (χ1n) is 8.25. The summed E-state index contributed by atoms with van der Waals surface area (Å²) in [5.41, 5.74) is 0. The standard InChI is InChI=1S/C16H31NO3/c1-12(2)20-8-7-19-11-15(18)9-17-10-16(13-3-4-13)14-5-6-14/h12-18H,3-11H2,1-2H3. The minimum absolute atomic E-state index is 0.243. The average molecular weight is 285 g/mol. The molecule has 1 unspecified atom stereocenters. The van der Waals surface area contributed by atoms with Gasteiger partial charge in [0.15, 0.2) is 0 Å². The SMILES string of the molecule is CC(C)OCCOCC(O)CNCC(C1CC1)C1CC1. The zero-order chi connectivity index (χ0) is 14.4. The fraction of sp³-hybridized carbons (Fsp3) is 1.00. The number of hydrogen-bond acceptors (Lipinski definition) is 4. The molecular weight excluding hydrogens is 254 g/mol. The van der Waals surface area contributed by atoms with Gasteiger partial charge in [-0.05, 0) is 63.8 Å². The molecule has 2 saturated carbocycles. The van der Waals surface area contributed by atoms with Crippen molar-refractivity contribution in [3.8, 4) is 0 Å². The van der Waals surface area contributed by atoms with Gasteiger partial charge in [0.25, 0.3) is 0 Å². The van der Waals surface area contributed by atoms with Gasteiger partial charge < -0.3 is 19.9 Å². The summed E-state index contributed by atoms with van der Waals surface area (Å²) in [6, 6.07) is 0. The van der Waals surface area contributed by atoms with E-state index in [1.165, 1.54) is 25.7 Å². The van der Waals surface area contributed by atoms with Gasteiger partial charge in [0.2, 0.25) is 0 Å². The predicted molar refractivity (Wildman–Crippen MR) is 79.7 cm³/mol. The van der Waals surface area contributed by atoms with Crippen LogP contribution in [0.25, 0.3) is 0 Å². The summed E-state index contributed by atoms with van der Waals surface area (Å²) >= 11 is 0. The van der Waals surface area contributed by atoms with Crippen LogP contribution < -0.4 is 5.32 Å². The number of rotatable bonds is 12. The van der Waals surface area contributed by atoms with Gasteiger partial charge in [-0.15, -0.1) is 0 Å². The third kappa shape index (κ3) is 6.53. The first kappa shape index (κ1) is 16.2. The van der Waals surface area contributed by atoms with Crippen LogP contribution in [0.3, 0.4) is 0 Å². The van der Waals surface area contributed by atoms with E-state index in [1.54, 1.807) is 0 Å². The lowest BCUT2D eigenvalue weighted by molar-refractivity contribution is -0.0102. The smallest absolute Gasteiger partial charge is 0.0897 e. The Bertz CT molecular complexity index is 252. The van der Waals surface area contributed by atoms with E-state index in [4.69, 9.17) is 9.47 Å². The van der Waals surface area contributed by atoms with E-state index in [2.05, 4.69) is 5.32 Å². The summed E-state index contributed by atoms with van der Waals surface area (Å²) in [5, 5.41) is 13.3. The highest BCUT2D eigenvalue weighted by Gasteiger charge is 2.40. The molecule has 118 valence electrons. The molecule has 20 heavy (non-hydrogen) atoms. The average Bonchev–Trinajstić information content (AvgIpc) is 3.27. The van der Waals surface area contributed by atoms with Crippen molar-refractivity contribution >= 4 is 0 Å². The molecule has 0 spiro atoms. The minimum Gasteiger partial charge on any atom is -0.389 e. The number of hydrogen-bond donors (Lipinski definition) is 2. The summed E-state index contributed by atoms with van der Waals surface area (Å²) in [7, 11) is 0. The zero-order valence-electron chi connectivity index (χ0n) is 13.0. The first-order chi connectivity index (χ1) is 9.66. The van der Waals surface area contributed by atoms with E-state index < -0.39 is 6.10 Å². The molecule has 0 aliphatic heterocycles. The number of aliphatic hydroxyl groups is 1. The molecule has 2 rings (SSSR count).